The van der Waals surface area contributed by atoms with E-state index in [4.69, 9.17) is 0 Å². The van der Waals surface area contributed by atoms with Crippen LogP contribution in [0.3, 0.4) is 0 Å². The highest BCUT2D eigenvalue weighted by Crippen LogP contribution is 2.13. The van der Waals surface area contributed by atoms with Gasteiger partial charge in [0.05, 0.1) is 25.8 Å². The van der Waals surface area contributed by atoms with E-state index in [1.807, 2.05) is 30.3 Å². The number of hydrogen-bond acceptors (Lipinski definition) is 3. The minimum atomic E-state index is -0.274. The van der Waals surface area contributed by atoms with Crippen LogP contribution in [0.15, 0.2) is 47.3 Å². The molecule has 2 N–H and O–H groups in total. The first-order valence-electron chi connectivity index (χ1n) is 9.31. The van der Waals surface area contributed by atoms with Gasteiger partial charge in [-0.1, -0.05) is 43.7 Å². The Morgan fingerprint density at radius 2 is 1.85 bits per heavy atom. The minimum absolute atomic E-state index is 0.0575. The Bertz CT molecular complexity index is 743. The first kappa shape index (κ1) is 19.8. The Kier molecular flexibility index (Phi) is 8.02. The minimum Gasteiger partial charge on any atom is -0.354 e. The molecule has 0 aliphatic heterocycles. The third-order valence-electron chi connectivity index (χ3n) is 4.29. The SMILES string of the molecule is CCCC[NH+](C)CCCNC(=O)Cn1nc(-c2ccccc2)ccc1=O. The molecule has 0 aliphatic rings. The van der Waals surface area contributed by atoms with Crippen molar-refractivity contribution >= 4 is 5.91 Å². The van der Waals surface area contributed by atoms with Gasteiger partial charge in [-0.15, -0.1) is 0 Å². The fourth-order valence-electron chi connectivity index (χ4n) is 2.74. The van der Waals surface area contributed by atoms with Crippen LogP contribution in [0.1, 0.15) is 26.2 Å². The second-order valence-corrected chi connectivity index (χ2v) is 6.59. The molecule has 2 aromatic rings. The highest BCUT2D eigenvalue weighted by atomic mass is 16.2. The monoisotopic (exact) mass is 357 g/mol. The predicted octanol–water partition coefficient (Wildman–Crippen LogP) is 0.731. The van der Waals surface area contributed by atoms with Crippen molar-refractivity contribution in [2.24, 2.45) is 0 Å². The van der Waals surface area contributed by atoms with E-state index in [1.54, 1.807) is 6.07 Å². The van der Waals surface area contributed by atoms with E-state index in [1.165, 1.54) is 28.5 Å². The molecular weight excluding hydrogens is 328 g/mol. The number of nitrogens with one attached hydrogen (secondary N) is 2. The number of quaternary nitrogens is 1. The van der Waals surface area contributed by atoms with Crippen LogP contribution in [0.25, 0.3) is 11.3 Å². The molecule has 6 nitrogen and oxygen atoms in total. The Morgan fingerprint density at radius 1 is 1.12 bits per heavy atom. The summed E-state index contributed by atoms with van der Waals surface area (Å²) in [5.74, 6) is -0.184. The van der Waals surface area contributed by atoms with Crippen LogP contribution >= 0.6 is 0 Å². The van der Waals surface area contributed by atoms with Gasteiger partial charge >= 0.3 is 0 Å². The first-order chi connectivity index (χ1) is 12.6. The topological polar surface area (TPSA) is 68.4 Å². The molecule has 0 saturated carbocycles. The lowest BCUT2D eigenvalue weighted by atomic mass is 10.1. The summed E-state index contributed by atoms with van der Waals surface area (Å²) in [7, 11) is 2.18. The van der Waals surface area contributed by atoms with E-state index in [-0.39, 0.29) is 18.0 Å². The van der Waals surface area contributed by atoms with Crippen LogP contribution in [-0.4, -0.2) is 42.4 Å². The summed E-state index contributed by atoms with van der Waals surface area (Å²) in [4.78, 5) is 25.6. The number of unbranched alkanes of at least 4 members (excludes halogenated alkanes) is 1. The van der Waals surface area contributed by atoms with Crippen molar-refractivity contribution in [2.45, 2.75) is 32.7 Å². The van der Waals surface area contributed by atoms with Gasteiger partial charge in [0.1, 0.15) is 6.54 Å². The first-order valence-corrected chi connectivity index (χ1v) is 9.31. The van der Waals surface area contributed by atoms with Crippen LogP contribution < -0.4 is 15.8 Å². The second-order valence-electron chi connectivity index (χ2n) is 6.59. The van der Waals surface area contributed by atoms with Crippen molar-refractivity contribution in [3.8, 4) is 11.3 Å². The molecular formula is C20H29N4O2+. The number of aromatic nitrogens is 2. The van der Waals surface area contributed by atoms with Crippen LogP contribution in [0, 0.1) is 0 Å². The van der Waals surface area contributed by atoms with Gasteiger partial charge in [0.2, 0.25) is 5.91 Å². The van der Waals surface area contributed by atoms with Gasteiger partial charge in [0.15, 0.2) is 0 Å². The summed E-state index contributed by atoms with van der Waals surface area (Å²) < 4.78 is 1.22. The lowest BCUT2D eigenvalue weighted by Gasteiger charge is -2.13. The van der Waals surface area contributed by atoms with Gasteiger partial charge in [-0.3, -0.25) is 9.59 Å². The zero-order valence-corrected chi connectivity index (χ0v) is 15.7. The molecule has 0 spiro atoms. The van der Waals surface area contributed by atoms with Crippen molar-refractivity contribution in [2.75, 3.05) is 26.7 Å². The molecule has 1 heterocycles. The third-order valence-corrected chi connectivity index (χ3v) is 4.29. The van der Waals surface area contributed by atoms with E-state index < -0.39 is 0 Å². The molecule has 1 aromatic heterocycles. The molecule has 1 aromatic carbocycles. The zero-order valence-electron chi connectivity index (χ0n) is 15.7. The van der Waals surface area contributed by atoms with Crippen LogP contribution in [0.2, 0.25) is 0 Å². The molecule has 26 heavy (non-hydrogen) atoms. The third kappa shape index (κ3) is 6.44. The van der Waals surface area contributed by atoms with Crippen molar-refractivity contribution < 1.29 is 9.69 Å². The van der Waals surface area contributed by atoms with E-state index >= 15 is 0 Å². The van der Waals surface area contributed by atoms with Crippen molar-refractivity contribution in [3.05, 3.63) is 52.8 Å². The average molecular weight is 357 g/mol. The fraction of sp³-hybridized carbons (Fsp3) is 0.450. The maximum atomic E-state index is 12.1. The standard InChI is InChI=1S/C20H28N4O2/c1-3-4-14-23(2)15-8-13-21-19(25)16-24-20(26)12-11-18(22-24)17-9-6-5-7-10-17/h5-7,9-12H,3-4,8,13-16H2,1-2H3,(H,21,25)/p+1. The molecule has 6 heteroatoms. The highest BCUT2D eigenvalue weighted by molar-refractivity contribution is 5.75. The number of rotatable bonds is 10. The molecule has 2 rings (SSSR count). The quantitative estimate of drug-likeness (QED) is 0.616. The number of amides is 1. The fourth-order valence-corrected chi connectivity index (χ4v) is 2.74. The number of benzene rings is 1. The lowest BCUT2D eigenvalue weighted by molar-refractivity contribution is -0.879. The van der Waals surface area contributed by atoms with Crippen molar-refractivity contribution in [1.29, 1.82) is 0 Å². The predicted molar refractivity (Wildman–Crippen MR) is 103 cm³/mol. The van der Waals surface area contributed by atoms with E-state index in [0.717, 1.165) is 25.1 Å². The molecule has 140 valence electrons. The molecule has 1 unspecified atom stereocenters. The maximum Gasteiger partial charge on any atom is 0.267 e. The number of carbonyl (C=O) groups excluding carboxylic acids is 1. The van der Waals surface area contributed by atoms with Gasteiger partial charge < -0.3 is 10.2 Å². The van der Waals surface area contributed by atoms with E-state index in [9.17, 15) is 9.59 Å². The summed E-state index contributed by atoms with van der Waals surface area (Å²) in [6.07, 6.45) is 3.36. The van der Waals surface area contributed by atoms with Gasteiger partial charge in [-0.05, 0) is 12.5 Å². The zero-order chi connectivity index (χ0) is 18.8. The van der Waals surface area contributed by atoms with Gasteiger partial charge in [0.25, 0.3) is 5.56 Å². The Hall–Kier alpha value is -2.47. The van der Waals surface area contributed by atoms with Crippen LogP contribution in [0.5, 0.6) is 0 Å². The van der Waals surface area contributed by atoms with Gasteiger partial charge in [0, 0.05) is 24.6 Å². The van der Waals surface area contributed by atoms with Crippen LogP contribution in [0.4, 0.5) is 0 Å². The number of nitrogens with zero attached hydrogens (tertiary/aromatic N) is 2. The Labute approximate surface area is 154 Å². The van der Waals surface area contributed by atoms with Crippen molar-refractivity contribution in [1.82, 2.24) is 15.1 Å². The normalized spacial score (nSPS) is 11.9. The largest absolute Gasteiger partial charge is 0.354 e. The molecule has 1 atom stereocenters. The van der Waals surface area contributed by atoms with Gasteiger partial charge in [-0.2, -0.15) is 5.10 Å². The maximum absolute atomic E-state index is 12.1. The Morgan fingerprint density at radius 3 is 2.58 bits per heavy atom. The van der Waals surface area contributed by atoms with E-state index in [0.29, 0.717) is 12.2 Å². The summed E-state index contributed by atoms with van der Waals surface area (Å²) in [6, 6.07) is 12.7. The smallest absolute Gasteiger partial charge is 0.267 e. The number of carbonyl (C=O) groups is 1. The molecule has 0 bridgehead atoms. The van der Waals surface area contributed by atoms with Gasteiger partial charge in [-0.25, -0.2) is 4.68 Å². The summed E-state index contributed by atoms with van der Waals surface area (Å²) >= 11 is 0. The van der Waals surface area contributed by atoms with E-state index in [2.05, 4.69) is 24.4 Å². The lowest BCUT2D eigenvalue weighted by Crippen LogP contribution is -3.09. The molecule has 0 saturated heterocycles. The van der Waals surface area contributed by atoms with Crippen molar-refractivity contribution in [3.63, 3.8) is 0 Å². The van der Waals surface area contributed by atoms with Crippen LogP contribution in [-0.2, 0) is 11.3 Å². The summed E-state index contributed by atoms with van der Waals surface area (Å²) in [5.41, 5.74) is 1.32. The molecule has 0 aliphatic carbocycles. The average Bonchev–Trinajstić information content (AvgIpc) is 2.66. The second kappa shape index (κ2) is 10.5. The Balaban J connectivity index is 1.84. The number of hydrogen-bond donors (Lipinski definition) is 2. The molecule has 1 amide bonds. The summed E-state index contributed by atoms with van der Waals surface area (Å²) in [5, 5.41) is 7.19. The highest BCUT2D eigenvalue weighted by Gasteiger charge is 2.08. The molecule has 0 fully saturated rings. The summed E-state index contributed by atoms with van der Waals surface area (Å²) in [6.45, 7) is 4.95. The molecule has 0 radical (unpaired) electrons.